The Morgan fingerprint density at radius 2 is 1.88 bits per heavy atom. The fourth-order valence-corrected chi connectivity index (χ4v) is 5.91. The third kappa shape index (κ3) is 4.25. The van der Waals surface area contributed by atoms with Crippen LogP contribution in [0, 0.1) is 11.8 Å². The molecule has 0 saturated heterocycles. The van der Waals surface area contributed by atoms with E-state index >= 15 is 0 Å². The lowest BCUT2D eigenvalue weighted by molar-refractivity contribution is -0.173. The monoisotopic (exact) mass is 568 g/mol. The van der Waals surface area contributed by atoms with Crippen LogP contribution in [-0.2, 0) is 25.6 Å². The van der Waals surface area contributed by atoms with Crippen molar-refractivity contribution >= 4 is 34.6 Å². The second-order valence-electron chi connectivity index (χ2n) is 10.2. The molecule has 1 amide bonds. The highest BCUT2D eigenvalue weighted by Crippen LogP contribution is 2.53. The highest BCUT2D eigenvalue weighted by atomic mass is 19.4. The van der Waals surface area contributed by atoms with Crippen molar-refractivity contribution in [2.75, 3.05) is 26.4 Å². The number of halogens is 3. The van der Waals surface area contributed by atoms with Crippen LogP contribution in [0.3, 0.4) is 0 Å². The molecule has 0 radical (unpaired) electrons. The lowest BCUT2D eigenvalue weighted by Gasteiger charge is -2.50. The van der Waals surface area contributed by atoms with Crippen molar-refractivity contribution in [3.05, 3.63) is 39.7 Å². The number of oxime groups is 1. The molecule has 40 heavy (non-hydrogen) atoms. The van der Waals surface area contributed by atoms with Crippen LogP contribution in [0.2, 0.25) is 0 Å². The second-order valence-corrected chi connectivity index (χ2v) is 10.2. The predicted molar refractivity (Wildman–Crippen MR) is 133 cm³/mol. The van der Waals surface area contributed by atoms with Crippen molar-refractivity contribution in [3.63, 3.8) is 0 Å². The maximum Gasteiger partial charge on any atom is 0.425 e. The van der Waals surface area contributed by atoms with Crippen molar-refractivity contribution in [1.29, 1.82) is 0 Å². The number of benzene rings is 1. The van der Waals surface area contributed by atoms with Crippen LogP contribution < -0.4 is 11.5 Å². The van der Waals surface area contributed by atoms with Gasteiger partial charge in [-0.2, -0.15) is 13.2 Å². The molecule has 3 aliphatic carbocycles. The number of hydrogen-bond donors (Lipinski definition) is 6. The van der Waals surface area contributed by atoms with Gasteiger partial charge < -0.3 is 36.7 Å². The molecule has 1 aromatic rings. The van der Waals surface area contributed by atoms with Crippen molar-refractivity contribution in [3.8, 4) is 5.75 Å². The zero-order valence-electron chi connectivity index (χ0n) is 21.5. The number of hydrogen-bond acceptors (Lipinski definition) is 11. The summed E-state index contributed by atoms with van der Waals surface area (Å²) in [6.07, 6.45) is -4.93. The summed E-state index contributed by atoms with van der Waals surface area (Å²) in [5, 5.41) is 47.9. The number of amides is 1. The summed E-state index contributed by atoms with van der Waals surface area (Å²) in [5.74, 6) is -8.33. The standard InChI is InChI=1S/C25H27F3N4O8/c1-8(31-40-7-24(26,27)28)10-6-13(29)18(33)15-11(10)4-9-5-12-17(32(2)3)20(35)16(23(30)38)22(37)25(12,39)21(36)14(9)19(15)34/h6,9,12,17,33-34,37,39H,4-5,7,29H2,1-3H3,(H2,30,38)/t9-,12-,17-,25-/m0/s1. The Bertz CT molecular complexity index is 1430. The van der Waals surface area contributed by atoms with Gasteiger partial charge in [0, 0.05) is 17.1 Å². The number of anilines is 1. The number of primary amides is 1. The molecule has 3 aliphatic rings. The van der Waals surface area contributed by atoms with Gasteiger partial charge in [-0.05, 0) is 51.4 Å². The summed E-state index contributed by atoms with van der Waals surface area (Å²) in [6.45, 7) is -0.351. The fraction of sp³-hybridized carbons (Fsp3) is 0.440. The number of carbonyl (C=O) groups excluding carboxylic acids is 3. The highest BCUT2D eigenvalue weighted by Gasteiger charge is 2.64. The van der Waals surface area contributed by atoms with Crippen LogP contribution in [0.4, 0.5) is 18.9 Å². The van der Waals surface area contributed by atoms with Crippen LogP contribution >= 0.6 is 0 Å². The van der Waals surface area contributed by atoms with Gasteiger partial charge >= 0.3 is 6.18 Å². The van der Waals surface area contributed by atoms with Crippen LogP contribution in [-0.4, -0.2) is 87.0 Å². The molecule has 0 bridgehead atoms. The first-order valence-electron chi connectivity index (χ1n) is 12.0. The average molecular weight is 569 g/mol. The third-order valence-electron chi connectivity index (χ3n) is 7.57. The molecule has 0 spiro atoms. The third-order valence-corrected chi connectivity index (χ3v) is 7.57. The number of nitrogens with two attached hydrogens (primary N) is 2. The average Bonchev–Trinajstić information content (AvgIpc) is 2.82. The number of aliphatic hydroxyl groups is 3. The van der Waals surface area contributed by atoms with Gasteiger partial charge in [0.25, 0.3) is 5.91 Å². The highest BCUT2D eigenvalue weighted by molar-refractivity contribution is 6.24. The number of Topliss-reactive ketones (excluding diaryl/α,β-unsaturated/α-hetero) is 2. The minimum Gasteiger partial charge on any atom is -0.508 e. The van der Waals surface area contributed by atoms with Crippen LogP contribution in [0.15, 0.2) is 28.1 Å². The molecule has 1 saturated carbocycles. The quantitative estimate of drug-likeness (QED) is 0.0970. The van der Waals surface area contributed by atoms with E-state index in [9.17, 15) is 48.0 Å². The first-order valence-corrected chi connectivity index (χ1v) is 12.0. The molecule has 8 N–H and O–H groups in total. The Hall–Kier alpha value is -4.11. The molecule has 4 atom stereocenters. The van der Waals surface area contributed by atoms with E-state index in [1.807, 2.05) is 0 Å². The maximum atomic E-state index is 13.8. The van der Waals surface area contributed by atoms with Crippen molar-refractivity contribution in [2.45, 2.75) is 37.6 Å². The number of aromatic hydroxyl groups is 1. The largest absolute Gasteiger partial charge is 0.508 e. The molecule has 0 unspecified atom stereocenters. The van der Waals surface area contributed by atoms with E-state index in [0.717, 1.165) is 0 Å². The summed E-state index contributed by atoms with van der Waals surface area (Å²) in [7, 11) is 2.93. The summed E-state index contributed by atoms with van der Waals surface area (Å²) in [4.78, 5) is 44.8. The zero-order chi connectivity index (χ0) is 30.1. The van der Waals surface area contributed by atoms with Gasteiger partial charge in [-0.15, -0.1) is 0 Å². The van der Waals surface area contributed by atoms with Crippen LogP contribution in [0.25, 0.3) is 5.76 Å². The summed E-state index contributed by atoms with van der Waals surface area (Å²) in [5.41, 5.74) is 6.60. The summed E-state index contributed by atoms with van der Waals surface area (Å²) in [6, 6.07) is -0.0419. The van der Waals surface area contributed by atoms with E-state index in [1.165, 1.54) is 32.0 Å². The van der Waals surface area contributed by atoms with E-state index in [4.69, 9.17) is 11.5 Å². The zero-order valence-corrected chi connectivity index (χ0v) is 21.5. The lowest BCUT2D eigenvalue weighted by atomic mass is 9.57. The minimum atomic E-state index is -4.65. The fourth-order valence-electron chi connectivity index (χ4n) is 5.91. The molecular formula is C25H27F3N4O8. The molecule has 1 fully saturated rings. The summed E-state index contributed by atoms with van der Waals surface area (Å²) >= 11 is 0. The maximum absolute atomic E-state index is 13.8. The summed E-state index contributed by atoms with van der Waals surface area (Å²) < 4.78 is 37.6. The molecule has 216 valence electrons. The number of aliphatic hydroxyl groups excluding tert-OH is 2. The number of alkyl halides is 3. The Balaban J connectivity index is 1.92. The molecule has 0 aliphatic heterocycles. The van der Waals surface area contributed by atoms with Crippen molar-refractivity contribution in [1.82, 2.24) is 4.90 Å². The van der Waals surface area contributed by atoms with E-state index in [0.29, 0.717) is 0 Å². The molecular weight excluding hydrogens is 541 g/mol. The van der Waals surface area contributed by atoms with Gasteiger partial charge in [0.1, 0.15) is 22.8 Å². The number of nitrogens with zero attached hydrogens (tertiary/aromatic N) is 2. The first-order chi connectivity index (χ1) is 18.4. The number of carbonyl (C=O) groups is 3. The number of likely N-dealkylation sites (N-methyl/N-ethyl adjacent to an activating group) is 1. The van der Waals surface area contributed by atoms with E-state index in [1.54, 1.807) is 0 Å². The minimum absolute atomic E-state index is 0.0761. The van der Waals surface area contributed by atoms with E-state index in [-0.39, 0.29) is 40.9 Å². The second kappa shape index (κ2) is 9.52. The van der Waals surface area contributed by atoms with E-state index < -0.39 is 82.1 Å². The lowest BCUT2D eigenvalue weighted by Crippen LogP contribution is -2.65. The van der Waals surface area contributed by atoms with Gasteiger partial charge in [0.15, 0.2) is 11.4 Å². The molecule has 12 nitrogen and oxygen atoms in total. The first kappa shape index (κ1) is 28.9. The number of fused-ring (bicyclic) bond motifs is 3. The van der Waals surface area contributed by atoms with Gasteiger partial charge in [-0.25, -0.2) is 0 Å². The Morgan fingerprint density at radius 1 is 1.25 bits per heavy atom. The van der Waals surface area contributed by atoms with Gasteiger partial charge in [0.2, 0.25) is 12.4 Å². The number of rotatable bonds is 5. The van der Waals surface area contributed by atoms with Crippen molar-refractivity contribution in [2.24, 2.45) is 22.7 Å². The SMILES string of the molecule is CC(=NOCC(F)(F)F)c1cc(N)c(O)c2c1C[C@H]1C[C@H]3[C@H](N(C)C)C(=O)C(C(N)=O)=C(O)[C@@]3(O)C(=O)C1=C2O. The smallest absolute Gasteiger partial charge is 0.425 e. The van der Waals surface area contributed by atoms with Gasteiger partial charge in [0.05, 0.1) is 23.0 Å². The Labute approximate surface area is 225 Å². The Kier molecular flexibility index (Phi) is 6.87. The number of phenolic OH excluding ortho intramolecular Hbond substituents is 1. The predicted octanol–water partition coefficient (Wildman–Crippen LogP) is 0.849. The molecule has 1 aromatic carbocycles. The molecule has 15 heteroatoms. The van der Waals surface area contributed by atoms with E-state index in [2.05, 4.69) is 9.99 Å². The number of nitrogen functional groups attached to an aromatic ring is 1. The van der Waals surface area contributed by atoms with Crippen LogP contribution in [0.5, 0.6) is 5.75 Å². The molecule has 4 rings (SSSR count). The Morgan fingerprint density at radius 3 is 2.42 bits per heavy atom. The number of ketones is 2. The number of phenols is 1. The van der Waals surface area contributed by atoms with Gasteiger partial charge in [-0.1, -0.05) is 5.16 Å². The van der Waals surface area contributed by atoms with Crippen molar-refractivity contribution < 1.29 is 52.8 Å². The molecule has 0 heterocycles. The topological polar surface area (TPSA) is 209 Å². The molecule has 0 aromatic heterocycles. The van der Waals surface area contributed by atoms with Gasteiger partial charge in [-0.3, -0.25) is 19.3 Å². The van der Waals surface area contributed by atoms with Crippen LogP contribution in [0.1, 0.15) is 30.0 Å². The normalized spacial score (nSPS) is 27.0.